The first kappa shape index (κ1) is 15.6. The van der Waals surface area contributed by atoms with Gasteiger partial charge in [-0.3, -0.25) is 0 Å². The van der Waals surface area contributed by atoms with Crippen LogP contribution in [0.3, 0.4) is 0 Å². The summed E-state index contributed by atoms with van der Waals surface area (Å²) in [6, 6.07) is 0.868. The van der Waals surface area contributed by atoms with Crippen LogP contribution >= 0.6 is 0 Å². The fraction of sp³-hybridized carbons (Fsp3) is 0.615. The summed E-state index contributed by atoms with van der Waals surface area (Å²) in [6.45, 7) is 3.75. The smallest absolute Gasteiger partial charge is 0.168 e. The molecule has 108 valence electrons. The van der Waals surface area contributed by atoms with Crippen LogP contribution in [0.1, 0.15) is 19.8 Å². The Morgan fingerprint density at radius 1 is 1.37 bits per heavy atom. The van der Waals surface area contributed by atoms with Gasteiger partial charge >= 0.3 is 0 Å². The lowest BCUT2D eigenvalue weighted by Gasteiger charge is -2.19. The van der Waals surface area contributed by atoms with E-state index in [0.717, 1.165) is 18.9 Å². The number of nitrogens with zero attached hydrogens (tertiary/aromatic N) is 2. The van der Waals surface area contributed by atoms with Gasteiger partial charge in [-0.1, -0.05) is 6.92 Å². The lowest BCUT2D eigenvalue weighted by atomic mass is 10.3. The Labute approximate surface area is 112 Å². The topological polar surface area (TPSA) is 37.4 Å². The minimum atomic E-state index is -0.667. The monoisotopic (exact) mass is 273 g/mol. The van der Waals surface area contributed by atoms with Gasteiger partial charge in [-0.2, -0.15) is 0 Å². The largest absolute Gasteiger partial charge is 0.385 e. The third-order valence-corrected chi connectivity index (χ3v) is 2.66. The lowest BCUT2D eigenvalue weighted by molar-refractivity contribution is 0.196. The summed E-state index contributed by atoms with van der Waals surface area (Å²) in [5.74, 6) is -1.08. The van der Waals surface area contributed by atoms with Crippen LogP contribution in [0.15, 0.2) is 6.07 Å². The van der Waals surface area contributed by atoms with Crippen molar-refractivity contribution in [2.24, 2.45) is 0 Å². The Morgan fingerprint density at radius 3 is 2.74 bits per heavy atom. The average molecular weight is 273 g/mol. The van der Waals surface area contributed by atoms with E-state index < -0.39 is 11.6 Å². The molecule has 0 fully saturated rings. The van der Waals surface area contributed by atoms with Gasteiger partial charge in [0.15, 0.2) is 23.3 Å². The van der Waals surface area contributed by atoms with Gasteiger partial charge in [-0.15, -0.1) is 0 Å². The van der Waals surface area contributed by atoms with Crippen molar-refractivity contribution in [1.29, 1.82) is 0 Å². The van der Waals surface area contributed by atoms with Crippen molar-refractivity contribution in [3.8, 4) is 0 Å². The Kier molecular flexibility index (Phi) is 6.49. The van der Waals surface area contributed by atoms with Gasteiger partial charge < -0.3 is 15.0 Å². The molecule has 1 N–H and O–H groups in total. The summed E-state index contributed by atoms with van der Waals surface area (Å²) in [5.41, 5.74) is 0. The van der Waals surface area contributed by atoms with E-state index in [-0.39, 0.29) is 11.6 Å². The SMILES string of the molecule is CCCNc1nc(N(C)CCCOC)c(F)cc1F. The van der Waals surface area contributed by atoms with Gasteiger partial charge in [0.25, 0.3) is 0 Å². The predicted molar refractivity (Wildman–Crippen MR) is 72.7 cm³/mol. The van der Waals surface area contributed by atoms with E-state index in [1.807, 2.05) is 6.92 Å². The number of halogens is 2. The van der Waals surface area contributed by atoms with Gasteiger partial charge in [0.2, 0.25) is 0 Å². The molecule has 0 amide bonds. The minimum absolute atomic E-state index is 0.0943. The third kappa shape index (κ3) is 4.63. The Hall–Kier alpha value is -1.43. The molecule has 0 spiro atoms. The number of pyridine rings is 1. The van der Waals surface area contributed by atoms with E-state index >= 15 is 0 Å². The first-order chi connectivity index (χ1) is 9.10. The van der Waals surface area contributed by atoms with Gasteiger partial charge in [0.1, 0.15) is 0 Å². The predicted octanol–water partition coefficient (Wildman–Crippen LogP) is 2.65. The van der Waals surface area contributed by atoms with Crippen LogP contribution in [0.2, 0.25) is 0 Å². The number of rotatable bonds is 8. The molecule has 1 rings (SSSR count). The summed E-state index contributed by atoms with van der Waals surface area (Å²) in [5, 5.41) is 2.85. The lowest BCUT2D eigenvalue weighted by Crippen LogP contribution is -2.23. The second-order valence-corrected chi connectivity index (χ2v) is 4.32. The van der Waals surface area contributed by atoms with Gasteiger partial charge in [-0.05, 0) is 12.8 Å². The van der Waals surface area contributed by atoms with Gasteiger partial charge in [-0.25, -0.2) is 13.8 Å². The number of aromatic nitrogens is 1. The molecule has 1 aromatic rings. The molecular weight excluding hydrogens is 252 g/mol. The number of nitrogens with one attached hydrogen (secondary N) is 1. The zero-order valence-electron chi connectivity index (χ0n) is 11.7. The molecule has 0 bridgehead atoms. The van der Waals surface area contributed by atoms with E-state index in [4.69, 9.17) is 4.74 Å². The molecule has 0 aliphatic rings. The number of methoxy groups -OCH3 is 1. The van der Waals surface area contributed by atoms with Crippen molar-refractivity contribution in [3.63, 3.8) is 0 Å². The summed E-state index contributed by atoms with van der Waals surface area (Å²) < 4.78 is 32.2. The van der Waals surface area contributed by atoms with E-state index in [1.54, 1.807) is 19.1 Å². The number of ether oxygens (including phenoxy) is 1. The van der Waals surface area contributed by atoms with Crippen LogP contribution in [-0.4, -0.2) is 38.8 Å². The molecule has 4 nitrogen and oxygen atoms in total. The van der Waals surface area contributed by atoms with Gasteiger partial charge in [0, 0.05) is 39.9 Å². The quantitative estimate of drug-likeness (QED) is 0.739. The molecule has 0 atom stereocenters. The molecule has 0 saturated heterocycles. The summed E-state index contributed by atoms with van der Waals surface area (Å²) in [4.78, 5) is 5.67. The maximum Gasteiger partial charge on any atom is 0.168 e. The minimum Gasteiger partial charge on any atom is -0.385 e. The molecule has 19 heavy (non-hydrogen) atoms. The zero-order chi connectivity index (χ0) is 14.3. The standard InChI is InChI=1S/C13H21F2N3O/c1-4-6-16-12-10(14)9-11(15)13(17-12)18(2)7-5-8-19-3/h9H,4-8H2,1-3H3,(H,16,17). The van der Waals surface area contributed by atoms with Crippen molar-refractivity contribution in [2.45, 2.75) is 19.8 Å². The van der Waals surface area contributed by atoms with Crippen molar-refractivity contribution < 1.29 is 13.5 Å². The third-order valence-electron chi connectivity index (χ3n) is 2.66. The van der Waals surface area contributed by atoms with E-state index in [2.05, 4.69) is 10.3 Å². The maximum absolute atomic E-state index is 13.7. The maximum atomic E-state index is 13.7. The molecule has 6 heteroatoms. The molecule has 0 aliphatic carbocycles. The van der Waals surface area contributed by atoms with Crippen LogP contribution in [0, 0.1) is 11.6 Å². The number of anilines is 2. The number of hydrogen-bond acceptors (Lipinski definition) is 4. The van der Waals surface area contributed by atoms with Crippen LogP contribution < -0.4 is 10.2 Å². The Morgan fingerprint density at radius 2 is 2.11 bits per heavy atom. The van der Waals surface area contributed by atoms with Crippen LogP contribution in [0.25, 0.3) is 0 Å². The zero-order valence-corrected chi connectivity index (χ0v) is 11.7. The normalized spacial score (nSPS) is 10.6. The molecule has 0 saturated carbocycles. The molecule has 0 aliphatic heterocycles. The van der Waals surface area contributed by atoms with E-state index in [9.17, 15) is 8.78 Å². The van der Waals surface area contributed by atoms with Crippen molar-refractivity contribution in [2.75, 3.05) is 44.1 Å². The van der Waals surface area contributed by atoms with Crippen LogP contribution in [0.4, 0.5) is 20.4 Å². The number of hydrogen-bond donors (Lipinski definition) is 1. The van der Waals surface area contributed by atoms with E-state index in [1.165, 1.54) is 0 Å². The second-order valence-electron chi connectivity index (χ2n) is 4.32. The Balaban J connectivity index is 2.80. The molecule has 0 aromatic carbocycles. The van der Waals surface area contributed by atoms with Crippen LogP contribution in [-0.2, 0) is 4.74 Å². The second kappa shape index (κ2) is 7.89. The van der Waals surface area contributed by atoms with Gasteiger partial charge in [0.05, 0.1) is 0 Å². The molecule has 1 heterocycles. The van der Waals surface area contributed by atoms with Crippen LogP contribution in [0.5, 0.6) is 0 Å². The molecule has 1 aromatic heterocycles. The average Bonchev–Trinajstić information content (AvgIpc) is 2.38. The summed E-state index contributed by atoms with van der Waals surface area (Å²) in [6.07, 6.45) is 1.60. The molecular formula is C13H21F2N3O. The summed E-state index contributed by atoms with van der Waals surface area (Å²) in [7, 11) is 3.34. The highest BCUT2D eigenvalue weighted by molar-refractivity contribution is 5.48. The Bertz CT molecular complexity index is 402. The van der Waals surface area contributed by atoms with Crippen molar-refractivity contribution >= 4 is 11.6 Å². The van der Waals surface area contributed by atoms with E-state index in [0.29, 0.717) is 19.7 Å². The first-order valence-electron chi connectivity index (χ1n) is 6.40. The highest BCUT2D eigenvalue weighted by atomic mass is 19.1. The molecule has 0 unspecified atom stereocenters. The van der Waals surface area contributed by atoms with Crippen molar-refractivity contribution in [1.82, 2.24) is 4.98 Å². The highest BCUT2D eigenvalue weighted by Gasteiger charge is 2.14. The van der Waals surface area contributed by atoms with Crippen molar-refractivity contribution in [3.05, 3.63) is 17.7 Å². The fourth-order valence-electron chi connectivity index (χ4n) is 1.64. The molecule has 0 radical (unpaired) electrons. The first-order valence-corrected chi connectivity index (χ1v) is 6.40. The summed E-state index contributed by atoms with van der Waals surface area (Å²) >= 11 is 0. The highest BCUT2D eigenvalue weighted by Crippen LogP contribution is 2.21. The fourth-order valence-corrected chi connectivity index (χ4v) is 1.64.